The lowest BCUT2D eigenvalue weighted by molar-refractivity contribution is -0.117. The molecule has 0 bridgehead atoms. The number of unbranched alkanes of at least 4 members (excludes halogenated alkanes) is 1. The highest BCUT2D eigenvalue weighted by Gasteiger charge is 2.14. The molecule has 0 saturated heterocycles. The molecule has 0 spiro atoms. The van der Waals surface area contributed by atoms with E-state index < -0.39 is 0 Å². The molecule has 2 rings (SSSR count). The minimum atomic E-state index is 0.0744. The average molecular weight is 261 g/mol. The zero-order chi connectivity index (χ0) is 13.7. The molecule has 0 fully saturated rings. The van der Waals surface area contributed by atoms with Gasteiger partial charge in [-0.3, -0.25) is 4.79 Å². The van der Waals surface area contributed by atoms with Gasteiger partial charge in [-0.2, -0.15) is 0 Å². The van der Waals surface area contributed by atoms with Gasteiger partial charge in [0.25, 0.3) is 0 Å². The lowest BCUT2D eigenvalue weighted by Gasteiger charge is -2.17. The van der Waals surface area contributed by atoms with E-state index in [1.165, 1.54) is 0 Å². The van der Waals surface area contributed by atoms with Gasteiger partial charge in [0, 0.05) is 18.5 Å². The highest BCUT2D eigenvalue weighted by molar-refractivity contribution is 5.93. The fourth-order valence-electron chi connectivity index (χ4n) is 2.12. The van der Waals surface area contributed by atoms with Crippen LogP contribution in [0.2, 0.25) is 0 Å². The second kappa shape index (κ2) is 6.36. The zero-order valence-corrected chi connectivity index (χ0v) is 11.2. The van der Waals surface area contributed by atoms with Crippen LogP contribution in [-0.4, -0.2) is 18.3 Å². The molecule has 0 saturated carbocycles. The van der Waals surface area contributed by atoms with Gasteiger partial charge in [0.15, 0.2) is 0 Å². The van der Waals surface area contributed by atoms with E-state index in [-0.39, 0.29) is 11.7 Å². The van der Waals surface area contributed by atoms with E-state index in [1.54, 1.807) is 6.92 Å². The molecule has 0 unspecified atom stereocenters. The molecule has 19 heavy (non-hydrogen) atoms. The van der Waals surface area contributed by atoms with E-state index in [9.17, 15) is 9.59 Å². The normalized spacial score (nSPS) is 13.6. The van der Waals surface area contributed by atoms with Crippen molar-refractivity contribution in [2.75, 3.05) is 11.9 Å². The van der Waals surface area contributed by atoms with Crippen LogP contribution in [0.1, 0.15) is 38.2 Å². The Bertz CT molecular complexity index is 482. The lowest BCUT2D eigenvalue weighted by Crippen LogP contribution is -2.18. The Kier molecular flexibility index (Phi) is 4.55. The molecule has 0 aromatic heterocycles. The largest absolute Gasteiger partial charge is 0.494 e. The van der Waals surface area contributed by atoms with Gasteiger partial charge in [0.2, 0.25) is 5.91 Å². The molecule has 1 aliphatic heterocycles. The first-order chi connectivity index (χ1) is 9.15. The standard InChI is InChI=1S/C15H19NO3/c1-11(17)4-2-3-9-19-13-6-7-14-12(10-13)5-8-15(18)16-14/h6-7,10H,2-5,8-9H2,1H3,(H,16,18). The maximum atomic E-state index is 11.2. The smallest absolute Gasteiger partial charge is 0.224 e. The fraction of sp³-hybridized carbons (Fsp3) is 0.467. The second-order valence-corrected chi connectivity index (χ2v) is 4.87. The number of Topliss-reactive ketones (excluding diaryl/α,β-unsaturated/α-hetero) is 1. The monoisotopic (exact) mass is 261 g/mol. The van der Waals surface area contributed by atoms with E-state index in [0.29, 0.717) is 19.4 Å². The summed E-state index contributed by atoms with van der Waals surface area (Å²) in [4.78, 5) is 22.0. The quantitative estimate of drug-likeness (QED) is 0.801. The van der Waals surface area contributed by atoms with Crippen LogP contribution >= 0.6 is 0 Å². The van der Waals surface area contributed by atoms with Gasteiger partial charge < -0.3 is 14.8 Å². The Morgan fingerprint density at radius 2 is 2.16 bits per heavy atom. The molecule has 102 valence electrons. The third-order valence-electron chi connectivity index (χ3n) is 3.16. The third kappa shape index (κ3) is 4.09. The SMILES string of the molecule is CC(=O)CCCCOc1ccc2c(c1)CCC(=O)N2. The van der Waals surface area contributed by atoms with Crippen LogP contribution in [0.4, 0.5) is 5.69 Å². The number of ketones is 1. The van der Waals surface area contributed by atoms with Gasteiger partial charge in [-0.05, 0) is 49.9 Å². The first kappa shape index (κ1) is 13.6. The number of benzene rings is 1. The van der Waals surface area contributed by atoms with Gasteiger partial charge in [0.1, 0.15) is 11.5 Å². The number of carbonyl (C=O) groups excluding carboxylic acids is 2. The molecule has 1 aliphatic rings. The highest BCUT2D eigenvalue weighted by Crippen LogP contribution is 2.26. The first-order valence-electron chi connectivity index (χ1n) is 6.70. The Morgan fingerprint density at radius 1 is 1.32 bits per heavy atom. The van der Waals surface area contributed by atoms with Crippen LogP contribution in [-0.2, 0) is 16.0 Å². The van der Waals surface area contributed by atoms with E-state index in [0.717, 1.165) is 36.3 Å². The Labute approximate surface area is 113 Å². The molecule has 1 heterocycles. The van der Waals surface area contributed by atoms with Crippen LogP contribution in [0, 0.1) is 0 Å². The summed E-state index contributed by atoms with van der Waals surface area (Å²) in [5, 5.41) is 2.84. The summed E-state index contributed by atoms with van der Waals surface area (Å²) in [6, 6.07) is 5.74. The predicted molar refractivity (Wildman–Crippen MR) is 73.4 cm³/mol. The topological polar surface area (TPSA) is 55.4 Å². The molecule has 1 N–H and O–H groups in total. The summed E-state index contributed by atoms with van der Waals surface area (Å²) >= 11 is 0. The van der Waals surface area contributed by atoms with Crippen LogP contribution in [0.5, 0.6) is 5.75 Å². The van der Waals surface area contributed by atoms with Gasteiger partial charge >= 0.3 is 0 Å². The average Bonchev–Trinajstić information content (AvgIpc) is 2.38. The molecule has 0 atom stereocenters. The Morgan fingerprint density at radius 3 is 2.95 bits per heavy atom. The predicted octanol–water partition coefficient (Wildman–Crippen LogP) is 2.71. The number of hydrogen-bond acceptors (Lipinski definition) is 3. The molecule has 0 aliphatic carbocycles. The number of ether oxygens (including phenoxy) is 1. The Balaban J connectivity index is 1.82. The minimum absolute atomic E-state index is 0.0744. The van der Waals surface area contributed by atoms with Crippen molar-refractivity contribution in [1.82, 2.24) is 0 Å². The molecular weight excluding hydrogens is 242 g/mol. The maximum absolute atomic E-state index is 11.2. The van der Waals surface area contributed by atoms with Crippen molar-refractivity contribution in [2.45, 2.75) is 39.0 Å². The highest BCUT2D eigenvalue weighted by atomic mass is 16.5. The van der Waals surface area contributed by atoms with Crippen molar-refractivity contribution in [3.05, 3.63) is 23.8 Å². The molecular formula is C15H19NO3. The summed E-state index contributed by atoms with van der Waals surface area (Å²) in [5.41, 5.74) is 2.01. The maximum Gasteiger partial charge on any atom is 0.224 e. The number of carbonyl (C=O) groups is 2. The first-order valence-corrected chi connectivity index (χ1v) is 6.70. The summed E-state index contributed by atoms with van der Waals surface area (Å²) in [5.74, 6) is 1.13. The van der Waals surface area contributed by atoms with Crippen molar-refractivity contribution >= 4 is 17.4 Å². The molecule has 4 heteroatoms. The summed E-state index contributed by atoms with van der Waals surface area (Å²) < 4.78 is 5.66. The van der Waals surface area contributed by atoms with Crippen LogP contribution in [0.3, 0.4) is 0 Å². The van der Waals surface area contributed by atoms with Crippen LogP contribution in [0.15, 0.2) is 18.2 Å². The van der Waals surface area contributed by atoms with E-state index >= 15 is 0 Å². The van der Waals surface area contributed by atoms with E-state index in [1.807, 2.05) is 18.2 Å². The summed E-state index contributed by atoms with van der Waals surface area (Å²) in [6.45, 7) is 2.23. The minimum Gasteiger partial charge on any atom is -0.494 e. The van der Waals surface area contributed by atoms with E-state index in [4.69, 9.17) is 4.74 Å². The molecule has 1 aromatic carbocycles. The number of amides is 1. The van der Waals surface area contributed by atoms with Crippen molar-refractivity contribution in [3.63, 3.8) is 0 Å². The number of aryl methyl sites for hydroxylation is 1. The van der Waals surface area contributed by atoms with Gasteiger partial charge in [0.05, 0.1) is 6.61 Å². The fourth-order valence-corrected chi connectivity index (χ4v) is 2.12. The second-order valence-electron chi connectivity index (χ2n) is 4.87. The molecule has 1 amide bonds. The van der Waals surface area contributed by atoms with Crippen molar-refractivity contribution in [1.29, 1.82) is 0 Å². The van der Waals surface area contributed by atoms with Gasteiger partial charge in [-0.1, -0.05) is 0 Å². The van der Waals surface area contributed by atoms with Gasteiger partial charge in [-0.15, -0.1) is 0 Å². The number of anilines is 1. The number of nitrogens with one attached hydrogen (secondary N) is 1. The number of rotatable bonds is 6. The van der Waals surface area contributed by atoms with Crippen LogP contribution in [0.25, 0.3) is 0 Å². The van der Waals surface area contributed by atoms with Crippen LogP contribution < -0.4 is 10.1 Å². The number of fused-ring (bicyclic) bond motifs is 1. The lowest BCUT2D eigenvalue weighted by atomic mass is 10.0. The van der Waals surface area contributed by atoms with Crippen molar-refractivity contribution < 1.29 is 14.3 Å². The molecule has 1 aromatic rings. The van der Waals surface area contributed by atoms with Crippen molar-refractivity contribution in [3.8, 4) is 5.75 Å². The molecule has 0 radical (unpaired) electrons. The summed E-state index contributed by atoms with van der Waals surface area (Å²) in [6.07, 6.45) is 3.68. The van der Waals surface area contributed by atoms with Gasteiger partial charge in [-0.25, -0.2) is 0 Å². The van der Waals surface area contributed by atoms with Crippen molar-refractivity contribution in [2.24, 2.45) is 0 Å². The Hall–Kier alpha value is -1.84. The van der Waals surface area contributed by atoms with E-state index in [2.05, 4.69) is 5.32 Å². The zero-order valence-electron chi connectivity index (χ0n) is 11.2. The third-order valence-corrected chi connectivity index (χ3v) is 3.16. The summed E-state index contributed by atoms with van der Waals surface area (Å²) in [7, 11) is 0. The molecule has 4 nitrogen and oxygen atoms in total. The number of hydrogen-bond donors (Lipinski definition) is 1.